The van der Waals surface area contributed by atoms with Gasteiger partial charge in [-0.1, -0.05) is 12.1 Å². The maximum atomic E-state index is 5.72. The molecule has 0 saturated carbocycles. The van der Waals surface area contributed by atoms with Gasteiger partial charge < -0.3 is 11.1 Å². The Labute approximate surface area is 95.3 Å². The van der Waals surface area contributed by atoms with Crippen LogP contribution in [0, 0.1) is 0 Å². The van der Waals surface area contributed by atoms with Crippen molar-refractivity contribution in [1.82, 2.24) is 4.98 Å². The summed E-state index contributed by atoms with van der Waals surface area (Å²) < 4.78 is 0. The predicted octanol–water partition coefficient (Wildman–Crippen LogP) is 2.84. The summed E-state index contributed by atoms with van der Waals surface area (Å²) in [5.74, 6) is 0. The average molecular weight is 213 g/mol. The second-order valence-corrected chi connectivity index (χ2v) is 3.78. The van der Waals surface area contributed by atoms with E-state index in [9.17, 15) is 0 Å². The highest BCUT2D eigenvalue weighted by Crippen LogP contribution is 2.19. The van der Waals surface area contributed by atoms with Crippen molar-refractivity contribution in [3.8, 4) is 0 Å². The molecule has 0 spiro atoms. The molecular formula is C13H15N3. The first-order valence-corrected chi connectivity index (χ1v) is 5.28. The number of nitrogens with two attached hydrogens (primary N) is 1. The maximum absolute atomic E-state index is 5.72. The molecule has 0 aliphatic carbocycles. The third-order valence-electron chi connectivity index (χ3n) is 2.45. The van der Waals surface area contributed by atoms with Crippen LogP contribution in [0.2, 0.25) is 0 Å². The molecule has 1 aromatic carbocycles. The first-order valence-electron chi connectivity index (χ1n) is 5.28. The van der Waals surface area contributed by atoms with Crippen LogP contribution in [0.25, 0.3) is 0 Å². The van der Waals surface area contributed by atoms with Gasteiger partial charge in [0, 0.05) is 23.8 Å². The van der Waals surface area contributed by atoms with Crippen molar-refractivity contribution in [3.63, 3.8) is 0 Å². The number of aromatic nitrogens is 1. The van der Waals surface area contributed by atoms with E-state index in [1.54, 1.807) is 6.20 Å². The zero-order valence-corrected chi connectivity index (χ0v) is 9.22. The van der Waals surface area contributed by atoms with E-state index in [-0.39, 0.29) is 6.04 Å². The molecule has 1 unspecified atom stereocenters. The summed E-state index contributed by atoms with van der Waals surface area (Å²) >= 11 is 0. The summed E-state index contributed by atoms with van der Waals surface area (Å²) in [6.45, 7) is 2.10. The van der Waals surface area contributed by atoms with Crippen molar-refractivity contribution >= 4 is 11.4 Å². The van der Waals surface area contributed by atoms with Gasteiger partial charge in [-0.25, -0.2) is 0 Å². The molecule has 0 fully saturated rings. The zero-order chi connectivity index (χ0) is 11.4. The third kappa shape index (κ3) is 2.51. The van der Waals surface area contributed by atoms with Gasteiger partial charge in [-0.3, -0.25) is 4.98 Å². The van der Waals surface area contributed by atoms with E-state index in [0.29, 0.717) is 0 Å². The second-order valence-electron chi connectivity index (χ2n) is 3.78. The number of nitrogens with one attached hydrogen (secondary N) is 1. The Morgan fingerprint density at radius 1 is 1.25 bits per heavy atom. The molecule has 0 amide bonds. The number of nitrogen functional groups attached to an aromatic ring is 1. The van der Waals surface area contributed by atoms with Crippen molar-refractivity contribution < 1.29 is 0 Å². The molecule has 82 valence electrons. The summed E-state index contributed by atoms with van der Waals surface area (Å²) in [6.07, 6.45) is 3.64. The van der Waals surface area contributed by atoms with Gasteiger partial charge in [0.15, 0.2) is 0 Å². The first kappa shape index (κ1) is 10.5. The van der Waals surface area contributed by atoms with Crippen LogP contribution >= 0.6 is 0 Å². The van der Waals surface area contributed by atoms with Gasteiger partial charge in [0.05, 0.1) is 6.04 Å². The molecule has 0 aliphatic rings. The van der Waals surface area contributed by atoms with Crippen molar-refractivity contribution in [2.24, 2.45) is 0 Å². The third-order valence-corrected chi connectivity index (χ3v) is 2.45. The van der Waals surface area contributed by atoms with Gasteiger partial charge >= 0.3 is 0 Å². The van der Waals surface area contributed by atoms with Gasteiger partial charge in [0.25, 0.3) is 0 Å². The van der Waals surface area contributed by atoms with E-state index in [0.717, 1.165) is 16.9 Å². The molecule has 0 aliphatic heterocycles. The van der Waals surface area contributed by atoms with Crippen LogP contribution in [0.5, 0.6) is 0 Å². The van der Waals surface area contributed by atoms with Crippen LogP contribution in [-0.4, -0.2) is 4.98 Å². The molecule has 1 aromatic heterocycles. The predicted molar refractivity (Wildman–Crippen MR) is 67.1 cm³/mol. The number of rotatable bonds is 3. The second kappa shape index (κ2) is 4.66. The van der Waals surface area contributed by atoms with Crippen LogP contribution in [-0.2, 0) is 0 Å². The Morgan fingerprint density at radius 2 is 2.12 bits per heavy atom. The SMILES string of the molecule is CC(Nc1cccc(N)c1)c1cccnc1. The van der Waals surface area contributed by atoms with E-state index in [2.05, 4.69) is 23.3 Å². The highest BCUT2D eigenvalue weighted by molar-refractivity contribution is 5.54. The number of pyridine rings is 1. The van der Waals surface area contributed by atoms with Gasteiger partial charge in [0.1, 0.15) is 0 Å². The summed E-state index contributed by atoms with van der Waals surface area (Å²) in [5.41, 5.74) is 8.67. The summed E-state index contributed by atoms with van der Waals surface area (Å²) in [5, 5.41) is 3.38. The van der Waals surface area contributed by atoms with Gasteiger partial charge in [0.2, 0.25) is 0 Å². The molecule has 0 saturated heterocycles. The molecule has 0 bridgehead atoms. The van der Waals surface area contributed by atoms with E-state index in [1.165, 1.54) is 0 Å². The molecule has 16 heavy (non-hydrogen) atoms. The number of hydrogen-bond donors (Lipinski definition) is 2. The van der Waals surface area contributed by atoms with Crippen LogP contribution in [0.3, 0.4) is 0 Å². The summed E-state index contributed by atoms with van der Waals surface area (Å²) in [6, 6.07) is 11.9. The quantitative estimate of drug-likeness (QED) is 0.771. The van der Waals surface area contributed by atoms with Crippen LogP contribution in [0.4, 0.5) is 11.4 Å². The Hall–Kier alpha value is -2.03. The largest absolute Gasteiger partial charge is 0.399 e. The van der Waals surface area contributed by atoms with Crippen LogP contribution in [0.15, 0.2) is 48.8 Å². The lowest BCUT2D eigenvalue weighted by Crippen LogP contribution is -2.06. The molecule has 3 N–H and O–H groups in total. The zero-order valence-electron chi connectivity index (χ0n) is 9.22. The topological polar surface area (TPSA) is 50.9 Å². The lowest BCUT2D eigenvalue weighted by atomic mass is 10.1. The molecular weight excluding hydrogens is 198 g/mol. The molecule has 2 aromatic rings. The monoisotopic (exact) mass is 213 g/mol. The summed E-state index contributed by atoms with van der Waals surface area (Å²) in [4.78, 5) is 4.10. The molecule has 3 heteroatoms. The smallest absolute Gasteiger partial charge is 0.0500 e. The normalized spacial score (nSPS) is 12.1. The Balaban J connectivity index is 2.11. The standard InChI is InChI=1S/C13H15N3/c1-10(11-4-3-7-15-9-11)16-13-6-2-5-12(14)8-13/h2-10,16H,14H2,1H3. The average Bonchev–Trinajstić information content (AvgIpc) is 2.30. The highest BCUT2D eigenvalue weighted by Gasteiger charge is 2.04. The van der Waals surface area contributed by atoms with E-state index in [4.69, 9.17) is 5.73 Å². The number of benzene rings is 1. The highest BCUT2D eigenvalue weighted by atomic mass is 14.9. The molecule has 2 rings (SSSR count). The van der Waals surface area contributed by atoms with Crippen molar-refractivity contribution in [2.75, 3.05) is 11.1 Å². The van der Waals surface area contributed by atoms with Gasteiger partial charge in [-0.2, -0.15) is 0 Å². The van der Waals surface area contributed by atoms with Crippen molar-refractivity contribution in [2.45, 2.75) is 13.0 Å². The van der Waals surface area contributed by atoms with Crippen molar-refractivity contribution in [1.29, 1.82) is 0 Å². The van der Waals surface area contributed by atoms with E-state index < -0.39 is 0 Å². The maximum Gasteiger partial charge on any atom is 0.0500 e. The molecule has 1 atom stereocenters. The minimum Gasteiger partial charge on any atom is -0.399 e. The summed E-state index contributed by atoms with van der Waals surface area (Å²) in [7, 11) is 0. The fraction of sp³-hybridized carbons (Fsp3) is 0.154. The lowest BCUT2D eigenvalue weighted by Gasteiger charge is -2.15. The first-order chi connectivity index (χ1) is 7.75. The van der Waals surface area contributed by atoms with Crippen molar-refractivity contribution in [3.05, 3.63) is 54.4 Å². The van der Waals surface area contributed by atoms with Gasteiger partial charge in [-0.15, -0.1) is 0 Å². The molecule has 1 heterocycles. The number of nitrogens with zero attached hydrogens (tertiary/aromatic N) is 1. The van der Waals surface area contributed by atoms with Crippen LogP contribution < -0.4 is 11.1 Å². The fourth-order valence-corrected chi connectivity index (χ4v) is 1.59. The molecule has 3 nitrogen and oxygen atoms in total. The Bertz CT molecular complexity index is 454. The van der Waals surface area contributed by atoms with Gasteiger partial charge in [-0.05, 0) is 36.8 Å². The fourth-order valence-electron chi connectivity index (χ4n) is 1.59. The van der Waals surface area contributed by atoms with E-state index >= 15 is 0 Å². The minimum atomic E-state index is 0.218. The van der Waals surface area contributed by atoms with Crippen LogP contribution in [0.1, 0.15) is 18.5 Å². The molecule has 0 radical (unpaired) electrons. The number of hydrogen-bond acceptors (Lipinski definition) is 3. The minimum absolute atomic E-state index is 0.218. The Kier molecular flexibility index (Phi) is 3.05. The Morgan fingerprint density at radius 3 is 2.81 bits per heavy atom. The number of anilines is 2. The van der Waals surface area contributed by atoms with E-state index in [1.807, 2.05) is 36.5 Å². The lowest BCUT2D eigenvalue weighted by molar-refractivity contribution is 0.876.